The molecule has 3 N–H and O–H groups in total. The minimum atomic E-state index is -4.42. The van der Waals surface area contributed by atoms with Gasteiger partial charge in [-0.1, -0.05) is 24.3 Å². The molecule has 0 bridgehead atoms. The second-order valence-corrected chi connectivity index (χ2v) is 7.06. The van der Waals surface area contributed by atoms with E-state index < -0.39 is 17.8 Å². The predicted molar refractivity (Wildman–Crippen MR) is 108 cm³/mol. The molecule has 0 amide bonds. The highest BCUT2D eigenvalue weighted by molar-refractivity contribution is 5.86. The number of rotatable bonds is 4. The number of nitrogens with zero attached hydrogens (tertiary/aromatic N) is 1. The summed E-state index contributed by atoms with van der Waals surface area (Å²) in [5.41, 5.74) is 1.80. The number of phenols is 1. The number of pyridine rings is 2. The Balaban J connectivity index is 1.82. The fraction of sp³-hybridized carbons (Fsp3) is 0.130. The third-order valence-electron chi connectivity index (χ3n) is 4.92. The smallest absolute Gasteiger partial charge is 0.416 e. The number of fused-ring (bicyclic) bond motifs is 1. The molecule has 2 heterocycles. The van der Waals surface area contributed by atoms with Crippen LogP contribution in [0, 0.1) is 6.92 Å². The number of halogens is 3. The summed E-state index contributed by atoms with van der Waals surface area (Å²) in [7, 11) is 0. The van der Waals surface area contributed by atoms with Crippen LogP contribution < -0.4 is 10.3 Å². The Kier molecular flexibility index (Phi) is 5.03. The molecular formula is C23H19F3N3O+. The number of anilines is 1. The summed E-state index contributed by atoms with van der Waals surface area (Å²) in [4.78, 5) is 7.33. The van der Waals surface area contributed by atoms with Crippen LogP contribution >= 0.6 is 0 Å². The van der Waals surface area contributed by atoms with Gasteiger partial charge in [-0.3, -0.25) is 10.3 Å². The molecule has 1 atom stereocenters. The van der Waals surface area contributed by atoms with Gasteiger partial charge in [0.05, 0.1) is 11.8 Å². The molecule has 2 aromatic heterocycles. The number of hydrogen-bond acceptors (Lipinski definition) is 3. The number of hydrogen-bond donors (Lipinski definition) is 2. The summed E-state index contributed by atoms with van der Waals surface area (Å²) in [6, 6.07) is 15.3. The van der Waals surface area contributed by atoms with E-state index in [1.165, 1.54) is 12.1 Å². The molecule has 0 unspecified atom stereocenters. The first-order valence-corrected chi connectivity index (χ1v) is 9.31. The highest BCUT2D eigenvalue weighted by atomic mass is 19.4. The van der Waals surface area contributed by atoms with Crippen LogP contribution in [0.1, 0.15) is 28.3 Å². The van der Waals surface area contributed by atoms with Crippen molar-refractivity contribution in [3.63, 3.8) is 0 Å². The first kappa shape index (κ1) is 19.7. The molecule has 0 aliphatic rings. The van der Waals surface area contributed by atoms with Gasteiger partial charge >= 0.3 is 6.18 Å². The monoisotopic (exact) mass is 410 g/mol. The van der Waals surface area contributed by atoms with Crippen molar-refractivity contribution in [2.24, 2.45) is 0 Å². The second kappa shape index (κ2) is 7.67. The van der Waals surface area contributed by atoms with E-state index in [1.807, 2.05) is 31.2 Å². The van der Waals surface area contributed by atoms with Gasteiger partial charge in [0.25, 0.3) is 5.82 Å². The number of aromatic nitrogens is 2. The van der Waals surface area contributed by atoms with Gasteiger partial charge in [0.2, 0.25) is 0 Å². The Morgan fingerprint density at radius 2 is 1.80 bits per heavy atom. The average Bonchev–Trinajstić information content (AvgIpc) is 2.72. The lowest BCUT2D eigenvalue weighted by Gasteiger charge is -2.18. The van der Waals surface area contributed by atoms with Gasteiger partial charge in [-0.2, -0.15) is 13.2 Å². The van der Waals surface area contributed by atoms with Crippen LogP contribution in [0.15, 0.2) is 73.1 Å². The fourth-order valence-corrected chi connectivity index (χ4v) is 3.40. The number of aromatic amines is 1. The summed E-state index contributed by atoms with van der Waals surface area (Å²) < 4.78 is 39.0. The summed E-state index contributed by atoms with van der Waals surface area (Å²) in [6.45, 7) is 1.93. The zero-order valence-corrected chi connectivity index (χ0v) is 16.0. The number of benzene rings is 2. The van der Waals surface area contributed by atoms with E-state index in [-0.39, 0.29) is 5.75 Å². The number of phenolic OH excluding ortho intramolecular Hbond substituents is 1. The summed E-state index contributed by atoms with van der Waals surface area (Å²) in [6.07, 6.45) is -1.06. The SMILES string of the molecule is Cc1cc[nH+]c(N[C@@H](c2ccc(C(F)(F)F)cc2)c2ccc3cccnc3c2O)c1. The van der Waals surface area contributed by atoms with Crippen LogP contribution in [0.25, 0.3) is 10.9 Å². The zero-order chi connectivity index (χ0) is 21.3. The highest BCUT2D eigenvalue weighted by Gasteiger charge is 2.31. The van der Waals surface area contributed by atoms with Gasteiger partial charge < -0.3 is 5.11 Å². The maximum Gasteiger partial charge on any atom is 0.416 e. The highest BCUT2D eigenvalue weighted by Crippen LogP contribution is 2.37. The normalized spacial score (nSPS) is 12.7. The maximum absolute atomic E-state index is 13.0. The molecule has 0 spiro atoms. The largest absolute Gasteiger partial charge is 0.505 e. The Morgan fingerprint density at radius 3 is 2.50 bits per heavy atom. The third kappa shape index (κ3) is 3.91. The zero-order valence-electron chi connectivity index (χ0n) is 16.0. The molecule has 0 aliphatic heterocycles. The average molecular weight is 410 g/mol. The number of aromatic hydroxyl groups is 1. The molecule has 2 aromatic carbocycles. The molecule has 0 saturated carbocycles. The minimum Gasteiger partial charge on any atom is -0.505 e. The standard InChI is InChI=1S/C23H18F3N3O/c1-14-10-12-27-19(13-14)29-20(16-4-7-17(8-5-16)23(24,25)26)18-9-6-15-3-2-11-28-21(15)22(18)30/h2-13,20,30H,1H3,(H,27,29)/p+1/t20-/m0/s1. The van der Waals surface area contributed by atoms with Crippen molar-refractivity contribution in [2.75, 3.05) is 5.32 Å². The molecule has 30 heavy (non-hydrogen) atoms. The Hall–Kier alpha value is -3.61. The molecule has 0 fully saturated rings. The van der Waals surface area contributed by atoms with Crippen LogP contribution in [-0.4, -0.2) is 10.1 Å². The van der Waals surface area contributed by atoms with Crippen LogP contribution in [0.5, 0.6) is 5.75 Å². The Labute approximate surface area is 171 Å². The lowest BCUT2D eigenvalue weighted by molar-refractivity contribution is -0.361. The van der Waals surface area contributed by atoms with Crippen molar-refractivity contribution in [1.82, 2.24) is 4.98 Å². The first-order valence-electron chi connectivity index (χ1n) is 9.31. The summed E-state index contributed by atoms with van der Waals surface area (Å²) in [5, 5.41) is 15.0. The molecule has 0 saturated heterocycles. The molecule has 4 aromatic rings. The van der Waals surface area contributed by atoms with Gasteiger partial charge in [0, 0.05) is 28.8 Å². The van der Waals surface area contributed by atoms with Crippen molar-refractivity contribution in [1.29, 1.82) is 0 Å². The topological polar surface area (TPSA) is 59.3 Å². The van der Waals surface area contributed by atoms with Crippen LogP contribution in [0.2, 0.25) is 0 Å². The van der Waals surface area contributed by atoms with E-state index in [1.54, 1.807) is 24.5 Å². The maximum atomic E-state index is 13.0. The van der Waals surface area contributed by atoms with Crippen LogP contribution in [-0.2, 0) is 6.18 Å². The molecule has 0 radical (unpaired) electrons. The lowest BCUT2D eigenvalue weighted by atomic mass is 9.95. The Bertz CT molecular complexity index is 1190. The molecule has 0 aliphatic carbocycles. The quantitative estimate of drug-likeness (QED) is 0.481. The minimum absolute atomic E-state index is 0.0156. The molecule has 4 rings (SSSR count). The van der Waals surface area contributed by atoms with Crippen molar-refractivity contribution in [3.8, 4) is 5.75 Å². The second-order valence-electron chi connectivity index (χ2n) is 7.06. The predicted octanol–water partition coefficient (Wildman–Crippen LogP) is 5.28. The fourth-order valence-electron chi connectivity index (χ4n) is 3.40. The van der Waals surface area contributed by atoms with Gasteiger partial charge in [-0.25, -0.2) is 4.98 Å². The number of H-pyrrole nitrogens is 1. The lowest BCUT2D eigenvalue weighted by Crippen LogP contribution is -2.19. The van der Waals surface area contributed by atoms with Crippen molar-refractivity contribution < 1.29 is 23.3 Å². The Morgan fingerprint density at radius 1 is 1.03 bits per heavy atom. The third-order valence-corrected chi connectivity index (χ3v) is 4.92. The summed E-state index contributed by atoms with van der Waals surface area (Å²) in [5.74, 6) is 0.651. The number of alkyl halides is 3. The van der Waals surface area contributed by atoms with Crippen molar-refractivity contribution >= 4 is 16.7 Å². The van der Waals surface area contributed by atoms with Crippen molar-refractivity contribution in [3.05, 3.63) is 95.3 Å². The van der Waals surface area contributed by atoms with E-state index in [0.29, 0.717) is 22.5 Å². The summed E-state index contributed by atoms with van der Waals surface area (Å²) >= 11 is 0. The van der Waals surface area contributed by atoms with E-state index in [4.69, 9.17) is 0 Å². The van der Waals surface area contributed by atoms with Gasteiger partial charge in [-0.15, -0.1) is 0 Å². The first-order chi connectivity index (χ1) is 14.3. The molecule has 7 heteroatoms. The van der Waals surface area contributed by atoms with E-state index >= 15 is 0 Å². The van der Waals surface area contributed by atoms with Gasteiger partial charge in [-0.05, 0) is 42.8 Å². The number of aryl methyl sites for hydroxylation is 1. The van der Waals surface area contributed by atoms with Crippen LogP contribution in [0.4, 0.5) is 19.0 Å². The molecule has 152 valence electrons. The number of nitrogens with one attached hydrogen (secondary N) is 2. The van der Waals surface area contributed by atoms with Crippen LogP contribution in [0.3, 0.4) is 0 Å². The molecule has 4 nitrogen and oxygen atoms in total. The van der Waals surface area contributed by atoms with E-state index in [0.717, 1.165) is 23.1 Å². The van der Waals surface area contributed by atoms with Gasteiger partial charge in [0.1, 0.15) is 17.3 Å². The molecular weight excluding hydrogens is 391 g/mol. The van der Waals surface area contributed by atoms with E-state index in [2.05, 4.69) is 15.3 Å². The van der Waals surface area contributed by atoms with Crippen molar-refractivity contribution in [2.45, 2.75) is 19.1 Å². The van der Waals surface area contributed by atoms with E-state index in [9.17, 15) is 18.3 Å². The van der Waals surface area contributed by atoms with Gasteiger partial charge in [0.15, 0.2) is 0 Å².